The van der Waals surface area contributed by atoms with Gasteiger partial charge in [-0.3, -0.25) is 9.59 Å². The Bertz CT molecular complexity index is 868. The fourth-order valence-corrected chi connectivity index (χ4v) is 3.19. The van der Waals surface area contributed by atoms with E-state index in [4.69, 9.17) is 4.74 Å². The lowest BCUT2D eigenvalue weighted by atomic mass is 10.2. The van der Waals surface area contributed by atoms with Gasteiger partial charge >= 0.3 is 0 Å². The third kappa shape index (κ3) is 4.42. The van der Waals surface area contributed by atoms with E-state index in [2.05, 4.69) is 16.9 Å². The number of piperazine rings is 1. The van der Waals surface area contributed by atoms with Crippen LogP contribution in [0.4, 0.5) is 0 Å². The second-order valence-corrected chi connectivity index (χ2v) is 7.02. The van der Waals surface area contributed by atoms with Crippen LogP contribution in [0.1, 0.15) is 36.3 Å². The van der Waals surface area contributed by atoms with Crippen molar-refractivity contribution in [3.8, 4) is 11.6 Å². The molecule has 1 aromatic heterocycles. The first kappa shape index (κ1) is 20.1. The Hall–Kier alpha value is -2.67. The summed E-state index contributed by atoms with van der Waals surface area (Å²) in [7, 11) is 0. The third-order valence-corrected chi connectivity index (χ3v) is 4.94. The van der Waals surface area contributed by atoms with Crippen LogP contribution in [-0.2, 0) is 0 Å². The zero-order chi connectivity index (χ0) is 20.1. The van der Waals surface area contributed by atoms with Crippen LogP contribution in [-0.4, -0.2) is 64.8 Å². The molecule has 150 valence electrons. The van der Waals surface area contributed by atoms with Gasteiger partial charge in [0.2, 0.25) is 11.3 Å². The van der Waals surface area contributed by atoms with Crippen LogP contribution in [0, 0.1) is 6.92 Å². The average Bonchev–Trinajstić information content (AvgIpc) is 2.72. The first-order valence-electron chi connectivity index (χ1n) is 9.89. The van der Waals surface area contributed by atoms with Crippen LogP contribution >= 0.6 is 0 Å². The molecule has 0 N–H and O–H groups in total. The van der Waals surface area contributed by atoms with Crippen molar-refractivity contribution >= 4 is 5.91 Å². The summed E-state index contributed by atoms with van der Waals surface area (Å²) in [6.07, 6.45) is 0.810. The maximum Gasteiger partial charge on any atom is 0.278 e. The summed E-state index contributed by atoms with van der Waals surface area (Å²) in [4.78, 5) is 29.6. The van der Waals surface area contributed by atoms with Gasteiger partial charge in [-0.25, -0.2) is 4.68 Å². The molecule has 1 fully saturated rings. The molecule has 1 aliphatic heterocycles. The lowest BCUT2D eigenvalue weighted by molar-refractivity contribution is 0.0634. The van der Waals surface area contributed by atoms with Gasteiger partial charge in [-0.05, 0) is 32.0 Å². The predicted molar refractivity (Wildman–Crippen MR) is 108 cm³/mol. The topological polar surface area (TPSA) is 67.7 Å². The summed E-state index contributed by atoms with van der Waals surface area (Å²) in [6.45, 7) is 10.4. The minimum atomic E-state index is -0.405. The van der Waals surface area contributed by atoms with Crippen molar-refractivity contribution in [3.63, 3.8) is 0 Å². The van der Waals surface area contributed by atoms with Gasteiger partial charge in [-0.2, -0.15) is 5.10 Å². The summed E-state index contributed by atoms with van der Waals surface area (Å²) in [5, 5.41) is 4.41. The summed E-state index contributed by atoms with van der Waals surface area (Å²) in [5.41, 5.74) is 1.40. The fraction of sp³-hybridized carbons (Fsp3) is 0.476. The maximum absolute atomic E-state index is 13.0. The number of hydrogen-bond acceptors (Lipinski definition) is 5. The van der Waals surface area contributed by atoms with Crippen LogP contribution in [0.5, 0.6) is 5.88 Å². The third-order valence-electron chi connectivity index (χ3n) is 4.94. The van der Waals surface area contributed by atoms with Gasteiger partial charge in [0.05, 0.1) is 18.4 Å². The molecule has 1 amide bonds. The van der Waals surface area contributed by atoms with E-state index in [0.717, 1.165) is 37.3 Å². The Morgan fingerprint density at radius 1 is 1.11 bits per heavy atom. The van der Waals surface area contributed by atoms with Crippen molar-refractivity contribution in [1.29, 1.82) is 0 Å². The van der Waals surface area contributed by atoms with Crippen molar-refractivity contribution in [3.05, 3.63) is 51.8 Å². The number of likely N-dealkylation sites (N-methyl/N-ethyl adjacent to an activating group) is 1. The highest BCUT2D eigenvalue weighted by Crippen LogP contribution is 2.17. The molecule has 0 unspecified atom stereocenters. The molecule has 0 bridgehead atoms. The number of rotatable bonds is 6. The molecule has 1 aliphatic rings. The van der Waals surface area contributed by atoms with Gasteiger partial charge in [-0.15, -0.1) is 0 Å². The smallest absolute Gasteiger partial charge is 0.278 e. The molecule has 1 saturated heterocycles. The summed E-state index contributed by atoms with van der Waals surface area (Å²) in [6, 6.07) is 9.10. The first-order valence-corrected chi connectivity index (χ1v) is 9.89. The van der Waals surface area contributed by atoms with Crippen LogP contribution in [0.25, 0.3) is 5.69 Å². The minimum Gasteiger partial charge on any atom is -0.478 e. The van der Waals surface area contributed by atoms with Gasteiger partial charge in [0.1, 0.15) is 0 Å². The number of amides is 1. The number of nitrogens with zero attached hydrogens (tertiary/aromatic N) is 4. The van der Waals surface area contributed by atoms with Crippen molar-refractivity contribution in [1.82, 2.24) is 19.6 Å². The van der Waals surface area contributed by atoms with E-state index in [1.807, 2.05) is 38.1 Å². The van der Waals surface area contributed by atoms with Crippen LogP contribution in [0.15, 0.2) is 35.1 Å². The normalized spacial score (nSPS) is 14.9. The van der Waals surface area contributed by atoms with E-state index >= 15 is 0 Å². The average molecular weight is 384 g/mol. The number of aromatic nitrogens is 2. The van der Waals surface area contributed by atoms with E-state index in [9.17, 15) is 9.59 Å². The van der Waals surface area contributed by atoms with Gasteiger partial charge in [0.15, 0.2) is 5.69 Å². The van der Waals surface area contributed by atoms with E-state index in [-0.39, 0.29) is 11.6 Å². The molecular formula is C21H28N4O3. The van der Waals surface area contributed by atoms with Crippen molar-refractivity contribution in [2.24, 2.45) is 0 Å². The highest BCUT2D eigenvalue weighted by atomic mass is 16.5. The molecule has 7 heteroatoms. The molecule has 3 rings (SSSR count). The largest absolute Gasteiger partial charge is 0.478 e. The number of hydrogen-bond donors (Lipinski definition) is 0. The van der Waals surface area contributed by atoms with E-state index in [0.29, 0.717) is 25.6 Å². The monoisotopic (exact) mass is 384 g/mol. The predicted octanol–water partition coefficient (Wildman–Crippen LogP) is 2.11. The van der Waals surface area contributed by atoms with Crippen LogP contribution in [0.2, 0.25) is 0 Å². The van der Waals surface area contributed by atoms with Gasteiger partial charge < -0.3 is 14.5 Å². The summed E-state index contributed by atoms with van der Waals surface area (Å²) in [5.74, 6) is 0.0340. The summed E-state index contributed by atoms with van der Waals surface area (Å²) < 4.78 is 7.28. The van der Waals surface area contributed by atoms with Crippen molar-refractivity contribution in [2.75, 3.05) is 39.3 Å². The lowest BCUT2D eigenvalue weighted by Crippen LogP contribution is -2.49. The molecule has 7 nitrogen and oxygen atoms in total. The molecule has 0 aliphatic carbocycles. The van der Waals surface area contributed by atoms with Crippen molar-refractivity contribution < 1.29 is 9.53 Å². The molecule has 0 spiro atoms. The molecule has 0 atom stereocenters. The molecule has 1 aromatic carbocycles. The Labute approximate surface area is 165 Å². The maximum atomic E-state index is 13.0. The Kier molecular flexibility index (Phi) is 6.46. The van der Waals surface area contributed by atoms with Gasteiger partial charge in [-0.1, -0.05) is 31.5 Å². The SMILES string of the molecule is CCCOc1cc(=O)c(C(=O)N2CCN(CC)CC2)nn1-c1ccc(C)cc1. The van der Waals surface area contributed by atoms with Gasteiger partial charge in [0.25, 0.3) is 5.91 Å². The minimum absolute atomic E-state index is 0.0608. The molecule has 0 radical (unpaired) electrons. The second-order valence-electron chi connectivity index (χ2n) is 7.02. The first-order chi connectivity index (χ1) is 13.5. The van der Waals surface area contributed by atoms with Crippen LogP contribution < -0.4 is 10.2 Å². The summed E-state index contributed by atoms with van der Waals surface area (Å²) >= 11 is 0. The highest BCUT2D eigenvalue weighted by Gasteiger charge is 2.25. The highest BCUT2D eigenvalue weighted by molar-refractivity contribution is 5.92. The fourth-order valence-electron chi connectivity index (χ4n) is 3.19. The number of carbonyl (C=O) groups is 1. The Morgan fingerprint density at radius 3 is 2.39 bits per heavy atom. The van der Waals surface area contributed by atoms with Gasteiger partial charge in [0, 0.05) is 26.2 Å². The zero-order valence-electron chi connectivity index (χ0n) is 16.9. The number of aryl methyl sites for hydroxylation is 1. The zero-order valence-corrected chi connectivity index (χ0v) is 16.9. The number of benzene rings is 1. The molecule has 2 aromatic rings. The van der Waals surface area contributed by atoms with E-state index in [1.165, 1.54) is 6.07 Å². The quantitative estimate of drug-likeness (QED) is 0.763. The second kappa shape index (κ2) is 9.01. The van der Waals surface area contributed by atoms with Crippen molar-refractivity contribution in [2.45, 2.75) is 27.2 Å². The van der Waals surface area contributed by atoms with Crippen LogP contribution in [0.3, 0.4) is 0 Å². The van der Waals surface area contributed by atoms with E-state index in [1.54, 1.807) is 9.58 Å². The lowest BCUT2D eigenvalue weighted by Gasteiger charge is -2.33. The molecule has 0 saturated carbocycles. The molecular weight excluding hydrogens is 356 g/mol. The number of carbonyl (C=O) groups excluding carboxylic acids is 1. The number of ether oxygens (including phenoxy) is 1. The molecule has 28 heavy (non-hydrogen) atoms. The Balaban J connectivity index is 1.95. The Morgan fingerprint density at radius 2 is 1.79 bits per heavy atom. The van der Waals surface area contributed by atoms with E-state index < -0.39 is 5.43 Å². The molecule has 2 heterocycles. The standard InChI is InChI=1S/C21H28N4O3/c1-4-14-28-19-15-18(26)20(21(27)24-12-10-23(5-2)11-13-24)22-25(19)17-8-6-16(3)7-9-17/h6-9,15H,4-5,10-14H2,1-3H3.